The Morgan fingerprint density at radius 1 is 1.09 bits per heavy atom. The zero-order chi connectivity index (χ0) is 25.3. The van der Waals surface area contributed by atoms with Crippen molar-refractivity contribution < 1.29 is 13.2 Å². The zero-order valence-electron chi connectivity index (χ0n) is 17.8. The number of nitrogens with one attached hydrogen (secondary N) is 1. The second kappa shape index (κ2) is 9.47. The molecule has 0 amide bonds. The molecule has 0 fully saturated rings. The number of nitrogens with two attached hydrogens (primary N) is 2. The highest BCUT2D eigenvalue weighted by molar-refractivity contribution is 6.31. The largest absolute Gasteiger partial charge is 0.382 e. The Balaban J connectivity index is 1.71. The van der Waals surface area contributed by atoms with E-state index in [0.29, 0.717) is 12.5 Å². The predicted octanol–water partition coefficient (Wildman–Crippen LogP) is 3.33. The van der Waals surface area contributed by atoms with Crippen molar-refractivity contribution >= 4 is 40.1 Å². The van der Waals surface area contributed by atoms with Gasteiger partial charge < -0.3 is 16.8 Å². The minimum absolute atomic E-state index is 0.0162. The van der Waals surface area contributed by atoms with Gasteiger partial charge in [-0.15, -0.1) is 0 Å². The first kappa shape index (κ1) is 23.8. The number of halogens is 4. The van der Waals surface area contributed by atoms with Crippen LogP contribution < -0.4 is 22.3 Å². The summed E-state index contributed by atoms with van der Waals surface area (Å²) in [5, 5.41) is 11.5. The van der Waals surface area contributed by atoms with E-state index >= 15 is 0 Å². The van der Waals surface area contributed by atoms with Crippen LogP contribution in [0.4, 0.5) is 30.8 Å². The Labute approximate surface area is 200 Å². The van der Waals surface area contributed by atoms with Crippen LogP contribution in [-0.4, -0.2) is 26.1 Å². The molecule has 0 unspecified atom stereocenters. The molecule has 0 radical (unpaired) electrons. The van der Waals surface area contributed by atoms with E-state index in [0.717, 1.165) is 16.7 Å². The van der Waals surface area contributed by atoms with Crippen LogP contribution >= 0.6 is 11.6 Å². The minimum atomic E-state index is -0.983. The van der Waals surface area contributed by atoms with Gasteiger partial charge in [0.05, 0.1) is 16.2 Å². The molecule has 0 aliphatic carbocycles. The van der Waals surface area contributed by atoms with Gasteiger partial charge in [0, 0.05) is 19.0 Å². The molecule has 178 valence electrons. The molecule has 2 heterocycles. The Hall–Kier alpha value is -4.37. The van der Waals surface area contributed by atoms with Crippen molar-refractivity contribution in [2.24, 2.45) is 0 Å². The maximum atomic E-state index is 14.7. The van der Waals surface area contributed by atoms with Crippen LogP contribution in [0.3, 0.4) is 0 Å². The van der Waals surface area contributed by atoms with E-state index in [4.69, 9.17) is 23.1 Å². The highest BCUT2D eigenvalue weighted by atomic mass is 35.5. The summed E-state index contributed by atoms with van der Waals surface area (Å²) in [5.41, 5.74) is 10.3. The van der Waals surface area contributed by atoms with Crippen molar-refractivity contribution in [3.05, 3.63) is 74.5 Å². The maximum Gasteiger partial charge on any atom is 0.269 e. The number of rotatable bonds is 6. The van der Waals surface area contributed by atoms with Gasteiger partial charge in [-0.05, 0) is 30.7 Å². The van der Waals surface area contributed by atoms with Gasteiger partial charge in [-0.25, -0.2) is 18.2 Å². The summed E-state index contributed by atoms with van der Waals surface area (Å²) in [6.45, 7) is 0.227. The number of nitrogen functional groups attached to an aromatic ring is 2. The maximum absolute atomic E-state index is 14.7. The van der Waals surface area contributed by atoms with Crippen LogP contribution in [-0.2, 0) is 6.42 Å². The van der Waals surface area contributed by atoms with Gasteiger partial charge in [-0.2, -0.15) is 15.2 Å². The molecule has 4 aromatic rings. The highest BCUT2D eigenvalue weighted by Crippen LogP contribution is 2.23. The van der Waals surface area contributed by atoms with Gasteiger partial charge >= 0.3 is 0 Å². The predicted molar refractivity (Wildman–Crippen MR) is 125 cm³/mol. The van der Waals surface area contributed by atoms with Crippen molar-refractivity contribution in [3.63, 3.8) is 0 Å². The smallest absolute Gasteiger partial charge is 0.269 e. The molecule has 0 aliphatic rings. The number of aryl methyl sites for hydroxylation is 1. The van der Waals surface area contributed by atoms with Gasteiger partial charge in [0.15, 0.2) is 11.6 Å². The fourth-order valence-corrected chi connectivity index (χ4v) is 3.70. The average molecular weight is 501 g/mol. The van der Waals surface area contributed by atoms with Crippen LogP contribution in [0.15, 0.2) is 35.1 Å². The van der Waals surface area contributed by atoms with Crippen LogP contribution in [0.25, 0.3) is 16.6 Å². The van der Waals surface area contributed by atoms with E-state index in [1.807, 2.05) is 6.07 Å². The molecule has 0 saturated carbocycles. The lowest BCUT2D eigenvalue weighted by atomic mass is 10.2. The molecular formula is C22H16ClF3N8O. The lowest BCUT2D eigenvalue weighted by Crippen LogP contribution is -2.25. The fourth-order valence-electron chi connectivity index (χ4n) is 3.54. The summed E-state index contributed by atoms with van der Waals surface area (Å²) in [5.74, 6) is -2.78. The Morgan fingerprint density at radius 3 is 2.49 bits per heavy atom. The lowest BCUT2D eigenvalue weighted by molar-refractivity contribution is 0.580. The molecule has 2 aromatic carbocycles. The summed E-state index contributed by atoms with van der Waals surface area (Å²) in [4.78, 5) is 25.3. The fraction of sp³-hybridized carbons (Fsp3) is 0.136. The summed E-state index contributed by atoms with van der Waals surface area (Å²) < 4.78 is 43.5. The highest BCUT2D eigenvalue weighted by Gasteiger charge is 2.19. The Bertz CT molecular complexity index is 1550. The van der Waals surface area contributed by atoms with Gasteiger partial charge in [0.2, 0.25) is 5.95 Å². The summed E-state index contributed by atoms with van der Waals surface area (Å²) in [7, 11) is 0. The third-order valence-corrected chi connectivity index (χ3v) is 5.33. The van der Waals surface area contributed by atoms with Gasteiger partial charge in [-0.1, -0.05) is 11.6 Å². The molecular weight excluding hydrogens is 485 g/mol. The lowest BCUT2D eigenvalue weighted by Gasteiger charge is -2.15. The number of aromatic nitrogens is 4. The molecule has 35 heavy (non-hydrogen) atoms. The third-order valence-electron chi connectivity index (χ3n) is 5.04. The third kappa shape index (κ3) is 4.67. The normalized spacial score (nSPS) is 10.9. The average Bonchev–Trinajstić information content (AvgIpc) is 2.78. The van der Waals surface area contributed by atoms with Crippen molar-refractivity contribution in [2.75, 3.05) is 23.3 Å². The number of hydrogen-bond acceptors (Lipinski definition) is 8. The minimum Gasteiger partial charge on any atom is -0.382 e. The number of hydrogen-bond donors (Lipinski definition) is 3. The van der Waals surface area contributed by atoms with E-state index in [2.05, 4.69) is 20.3 Å². The molecule has 0 bridgehead atoms. The summed E-state index contributed by atoms with van der Waals surface area (Å²) in [6, 6.07) is 7.05. The molecule has 0 aliphatic heterocycles. The van der Waals surface area contributed by atoms with Crippen LogP contribution in [0, 0.1) is 28.8 Å². The van der Waals surface area contributed by atoms with E-state index in [-0.39, 0.29) is 58.2 Å². The first-order valence-corrected chi connectivity index (χ1v) is 10.5. The molecule has 13 heteroatoms. The molecule has 5 N–H and O–H groups in total. The van der Waals surface area contributed by atoms with Gasteiger partial charge in [-0.3, -0.25) is 9.36 Å². The Kier molecular flexibility index (Phi) is 6.44. The number of nitrogens with zero attached hydrogens (tertiary/aromatic N) is 5. The number of benzene rings is 2. The van der Waals surface area contributed by atoms with E-state index in [1.165, 1.54) is 12.1 Å². The molecule has 0 atom stereocenters. The number of anilines is 3. The summed E-state index contributed by atoms with van der Waals surface area (Å²) >= 11 is 5.83. The second-order valence-corrected chi connectivity index (χ2v) is 7.79. The van der Waals surface area contributed by atoms with Crippen molar-refractivity contribution in [1.82, 2.24) is 19.5 Å². The van der Waals surface area contributed by atoms with Crippen LogP contribution in [0.5, 0.6) is 0 Å². The molecule has 9 nitrogen and oxygen atoms in total. The van der Waals surface area contributed by atoms with E-state index < -0.39 is 28.4 Å². The van der Waals surface area contributed by atoms with Crippen molar-refractivity contribution in [3.8, 4) is 11.8 Å². The summed E-state index contributed by atoms with van der Waals surface area (Å²) in [6.07, 6.45) is 0.443. The van der Waals surface area contributed by atoms with Gasteiger partial charge in [0.1, 0.15) is 40.3 Å². The Morgan fingerprint density at radius 2 is 1.80 bits per heavy atom. The first-order valence-electron chi connectivity index (χ1n) is 10.1. The van der Waals surface area contributed by atoms with E-state index in [1.54, 1.807) is 0 Å². The topological polar surface area (TPSA) is 149 Å². The van der Waals surface area contributed by atoms with Crippen molar-refractivity contribution in [2.45, 2.75) is 12.8 Å². The van der Waals surface area contributed by atoms with Crippen LogP contribution in [0.2, 0.25) is 5.02 Å². The van der Waals surface area contributed by atoms with Gasteiger partial charge in [0.25, 0.3) is 5.56 Å². The van der Waals surface area contributed by atoms with Crippen LogP contribution in [0.1, 0.15) is 17.8 Å². The quantitative estimate of drug-likeness (QED) is 0.341. The number of nitriles is 1. The second-order valence-electron chi connectivity index (χ2n) is 7.38. The SMILES string of the molecule is N#Cc1c(N)nc(N)nc1NCCCc1nc2ccc(Cl)c(F)c2c(=O)n1-c1cc(F)cc(F)c1. The molecule has 4 rings (SSSR count). The molecule has 0 saturated heterocycles. The standard InChI is InChI=1S/C22H16ClF3N8O/c23-14-3-4-15-17(18(14)26)21(35)34(12-7-10(24)6-11(25)8-12)16(31-15)2-1-5-30-20-13(9-27)19(28)32-22(29)33-20/h3-4,6-8H,1-2,5H2,(H5,28,29,30,32,33). The first-order chi connectivity index (χ1) is 16.7. The van der Waals surface area contributed by atoms with E-state index in [9.17, 15) is 23.2 Å². The zero-order valence-corrected chi connectivity index (χ0v) is 18.6. The number of fused-ring (bicyclic) bond motifs is 1. The monoisotopic (exact) mass is 500 g/mol. The van der Waals surface area contributed by atoms with Crippen molar-refractivity contribution in [1.29, 1.82) is 5.26 Å². The molecule has 0 spiro atoms. The molecule has 2 aromatic heterocycles.